The van der Waals surface area contributed by atoms with Gasteiger partial charge in [-0.2, -0.15) is 0 Å². The van der Waals surface area contributed by atoms with E-state index in [4.69, 9.17) is 11.6 Å². The van der Waals surface area contributed by atoms with Crippen LogP contribution in [0, 0.1) is 19.8 Å². The first kappa shape index (κ1) is 20.8. The third-order valence-electron chi connectivity index (χ3n) is 5.75. The second kappa shape index (κ2) is 8.70. The first-order valence-corrected chi connectivity index (χ1v) is 10.7. The average molecular weight is 428 g/mol. The minimum atomic E-state index is -0.464. The largest absolute Gasteiger partial charge is 0.341 e. The number of amides is 2. The molecule has 1 N–H and O–H groups in total. The van der Waals surface area contributed by atoms with Gasteiger partial charge in [0.05, 0.1) is 18.2 Å². The van der Waals surface area contributed by atoms with Crippen molar-refractivity contribution in [3.05, 3.63) is 46.7 Å². The van der Waals surface area contributed by atoms with Gasteiger partial charge in [0.2, 0.25) is 11.9 Å². The third-order valence-corrected chi connectivity index (χ3v) is 6.00. The molecule has 2 aliphatic rings. The second-order valence-electron chi connectivity index (χ2n) is 8.09. The van der Waals surface area contributed by atoms with Gasteiger partial charge in [0, 0.05) is 29.5 Å². The molecule has 7 nitrogen and oxygen atoms in total. The number of aryl methyl sites for hydroxylation is 2. The predicted octanol–water partition coefficient (Wildman–Crippen LogP) is 2.88. The molecule has 1 aromatic carbocycles. The highest BCUT2D eigenvalue weighted by atomic mass is 35.5. The molecule has 158 valence electrons. The maximum Gasteiger partial charge on any atom is 0.251 e. The van der Waals surface area contributed by atoms with E-state index >= 15 is 0 Å². The molecule has 0 unspecified atom stereocenters. The van der Waals surface area contributed by atoms with Crippen molar-refractivity contribution in [2.24, 2.45) is 5.92 Å². The number of rotatable bonds is 5. The number of anilines is 2. The summed E-state index contributed by atoms with van der Waals surface area (Å²) in [7, 11) is 0. The molecule has 0 aliphatic carbocycles. The fourth-order valence-corrected chi connectivity index (χ4v) is 4.27. The maximum absolute atomic E-state index is 12.8. The molecule has 2 fully saturated rings. The van der Waals surface area contributed by atoms with E-state index in [-0.39, 0.29) is 18.2 Å². The Balaban J connectivity index is 1.30. The number of carbonyl (C=O) groups is 2. The van der Waals surface area contributed by atoms with Crippen LogP contribution >= 0.6 is 11.6 Å². The lowest BCUT2D eigenvalue weighted by molar-refractivity contribution is -0.121. The van der Waals surface area contributed by atoms with Crippen LogP contribution in [0.2, 0.25) is 5.02 Å². The number of benzene rings is 1. The number of nitrogens with one attached hydrogen (secondary N) is 1. The summed E-state index contributed by atoms with van der Waals surface area (Å²) in [5.74, 6) is 0.888. The molecule has 2 saturated heterocycles. The van der Waals surface area contributed by atoms with E-state index in [2.05, 4.69) is 20.2 Å². The standard InChI is InChI=1S/C22H26ClN5O2/c1-14-11-15(2)26-22(25-14)27-9-7-16(8-10-27)13-24-19-12-20(29)28(21(19)30)18-5-3-17(23)4-6-18/h3-6,11,16,19,24H,7-10,12-13H2,1-2H3/t19-/m0/s1. The van der Waals surface area contributed by atoms with Gasteiger partial charge in [0.15, 0.2) is 0 Å². The van der Waals surface area contributed by atoms with Crippen LogP contribution in [-0.2, 0) is 9.59 Å². The van der Waals surface area contributed by atoms with Crippen LogP contribution < -0.4 is 15.1 Å². The summed E-state index contributed by atoms with van der Waals surface area (Å²) in [6, 6.07) is 8.29. The monoisotopic (exact) mass is 427 g/mol. The molecule has 2 amide bonds. The highest BCUT2D eigenvalue weighted by molar-refractivity contribution is 6.30. The Bertz CT molecular complexity index is 921. The van der Waals surface area contributed by atoms with Gasteiger partial charge < -0.3 is 10.2 Å². The third kappa shape index (κ3) is 4.47. The fourth-order valence-electron chi connectivity index (χ4n) is 4.15. The molecule has 0 bridgehead atoms. The van der Waals surface area contributed by atoms with Crippen molar-refractivity contribution in [1.82, 2.24) is 15.3 Å². The van der Waals surface area contributed by atoms with Crippen molar-refractivity contribution >= 4 is 35.1 Å². The number of imide groups is 1. The van der Waals surface area contributed by atoms with Crippen LogP contribution in [0.15, 0.2) is 30.3 Å². The number of nitrogens with zero attached hydrogens (tertiary/aromatic N) is 4. The zero-order chi connectivity index (χ0) is 21.3. The molecule has 1 atom stereocenters. The predicted molar refractivity (Wildman–Crippen MR) is 117 cm³/mol. The van der Waals surface area contributed by atoms with Crippen LogP contribution in [0.5, 0.6) is 0 Å². The van der Waals surface area contributed by atoms with Crippen LogP contribution in [0.1, 0.15) is 30.7 Å². The normalized spacial score (nSPS) is 20.3. The Morgan fingerprint density at radius 3 is 2.33 bits per heavy atom. The zero-order valence-corrected chi connectivity index (χ0v) is 18.0. The SMILES string of the molecule is Cc1cc(C)nc(N2CCC(CN[C@H]3CC(=O)N(c4ccc(Cl)cc4)C3=O)CC2)n1. The molecule has 0 saturated carbocycles. The molecule has 0 spiro atoms. The molecular weight excluding hydrogens is 402 g/mol. The van der Waals surface area contributed by atoms with Gasteiger partial charge >= 0.3 is 0 Å². The van der Waals surface area contributed by atoms with E-state index in [1.54, 1.807) is 24.3 Å². The van der Waals surface area contributed by atoms with E-state index < -0.39 is 6.04 Å². The lowest BCUT2D eigenvalue weighted by Crippen LogP contribution is -2.43. The second-order valence-corrected chi connectivity index (χ2v) is 8.53. The van der Waals surface area contributed by atoms with Crippen molar-refractivity contribution in [1.29, 1.82) is 0 Å². The van der Waals surface area contributed by atoms with Gasteiger partial charge in [-0.05, 0) is 69.5 Å². The van der Waals surface area contributed by atoms with Gasteiger partial charge in [-0.3, -0.25) is 9.59 Å². The lowest BCUT2D eigenvalue weighted by Gasteiger charge is -2.32. The van der Waals surface area contributed by atoms with Crippen molar-refractivity contribution in [2.75, 3.05) is 29.4 Å². The van der Waals surface area contributed by atoms with Gasteiger partial charge in [-0.1, -0.05) is 11.6 Å². The summed E-state index contributed by atoms with van der Waals surface area (Å²) >= 11 is 5.91. The number of aromatic nitrogens is 2. The summed E-state index contributed by atoms with van der Waals surface area (Å²) < 4.78 is 0. The van der Waals surface area contributed by atoms with Crippen molar-refractivity contribution in [3.8, 4) is 0 Å². The van der Waals surface area contributed by atoms with Gasteiger partial charge in [0.25, 0.3) is 5.91 Å². The van der Waals surface area contributed by atoms with Gasteiger partial charge in [-0.15, -0.1) is 0 Å². The molecule has 4 rings (SSSR count). The molecule has 1 aromatic heterocycles. The summed E-state index contributed by atoms with van der Waals surface area (Å²) in [5.41, 5.74) is 2.53. The first-order valence-electron chi connectivity index (χ1n) is 10.3. The van der Waals surface area contributed by atoms with E-state index in [1.165, 1.54) is 4.90 Å². The topological polar surface area (TPSA) is 78.4 Å². The van der Waals surface area contributed by atoms with Gasteiger partial charge in [-0.25, -0.2) is 14.9 Å². The fraction of sp³-hybridized carbons (Fsp3) is 0.455. The minimum absolute atomic E-state index is 0.179. The molecule has 2 aliphatic heterocycles. The summed E-state index contributed by atoms with van der Waals surface area (Å²) in [6.45, 7) is 6.48. The Labute approximate surface area is 181 Å². The maximum atomic E-state index is 12.8. The molecule has 2 aromatic rings. The van der Waals surface area contributed by atoms with Crippen LogP contribution in [0.3, 0.4) is 0 Å². The Morgan fingerprint density at radius 1 is 1.07 bits per heavy atom. The summed E-state index contributed by atoms with van der Waals surface area (Å²) in [5, 5.41) is 3.90. The molecule has 0 radical (unpaired) electrons. The smallest absolute Gasteiger partial charge is 0.251 e. The van der Waals surface area contributed by atoms with E-state index in [1.807, 2.05) is 19.9 Å². The zero-order valence-electron chi connectivity index (χ0n) is 17.3. The van der Waals surface area contributed by atoms with E-state index in [9.17, 15) is 9.59 Å². The highest BCUT2D eigenvalue weighted by Crippen LogP contribution is 2.25. The molecule has 30 heavy (non-hydrogen) atoms. The Kier molecular flexibility index (Phi) is 6.01. The molecular formula is C22H26ClN5O2. The number of halogens is 1. The summed E-state index contributed by atoms with van der Waals surface area (Å²) in [6.07, 6.45) is 2.19. The first-order chi connectivity index (χ1) is 14.4. The van der Waals surface area contributed by atoms with Crippen LogP contribution in [-0.4, -0.2) is 47.5 Å². The lowest BCUT2D eigenvalue weighted by atomic mass is 9.96. The Morgan fingerprint density at radius 2 is 1.70 bits per heavy atom. The quantitative estimate of drug-likeness (QED) is 0.739. The Hall–Kier alpha value is -2.51. The highest BCUT2D eigenvalue weighted by Gasteiger charge is 2.39. The number of carbonyl (C=O) groups excluding carboxylic acids is 2. The van der Waals surface area contributed by atoms with Crippen molar-refractivity contribution in [3.63, 3.8) is 0 Å². The van der Waals surface area contributed by atoms with Crippen LogP contribution in [0.4, 0.5) is 11.6 Å². The average Bonchev–Trinajstić information content (AvgIpc) is 3.00. The molecule has 3 heterocycles. The van der Waals surface area contributed by atoms with Crippen molar-refractivity contribution in [2.45, 2.75) is 39.2 Å². The van der Waals surface area contributed by atoms with Gasteiger partial charge in [0.1, 0.15) is 0 Å². The summed E-state index contributed by atoms with van der Waals surface area (Å²) in [4.78, 5) is 37.8. The van der Waals surface area contributed by atoms with Crippen LogP contribution in [0.25, 0.3) is 0 Å². The van der Waals surface area contributed by atoms with E-state index in [0.717, 1.165) is 49.8 Å². The number of hydrogen-bond acceptors (Lipinski definition) is 6. The van der Waals surface area contributed by atoms with Crippen molar-refractivity contribution < 1.29 is 9.59 Å². The van der Waals surface area contributed by atoms with E-state index in [0.29, 0.717) is 16.6 Å². The number of hydrogen-bond donors (Lipinski definition) is 1. The number of piperidine rings is 1. The minimum Gasteiger partial charge on any atom is -0.341 e. The molecule has 8 heteroatoms.